The summed E-state index contributed by atoms with van der Waals surface area (Å²) in [5, 5.41) is 11.2. The monoisotopic (exact) mass is 398 g/mol. The molecular weight excluding hydrogens is 385 g/mol. The Hall–Kier alpha value is -3.02. The van der Waals surface area contributed by atoms with Gasteiger partial charge in [-0.1, -0.05) is 11.8 Å². The number of rotatable bonds is 4. The predicted octanol–water partition coefficient (Wildman–Crippen LogP) is 3.90. The molecule has 3 heterocycles. The van der Waals surface area contributed by atoms with Gasteiger partial charge >= 0.3 is 12.3 Å². The molecule has 0 saturated carbocycles. The molecule has 0 spiro atoms. The van der Waals surface area contributed by atoms with Crippen molar-refractivity contribution in [2.24, 2.45) is 0 Å². The van der Waals surface area contributed by atoms with Gasteiger partial charge in [0.05, 0.1) is 28.3 Å². The summed E-state index contributed by atoms with van der Waals surface area (Å²) in [6.45, 7) is 1.72. The number of aromatic amines is 1. The smallest absolute Gasteiger partial charge is 0.433 e. The van der Waals surface area contributed by atoms with Crippen LogP contribution in [0.5, 0.6) is 0 Å². The molecule has 3 rings (SSSR count). The summed E-state index contributed by atoms with van der Waals surface area (Å²) in [4.78, 5) is 25.3. The first-order valence-corrected chi connectivity index (χ1v) is 8.37. The van der Waals surface area contributed by atoms with Crippen LogP contribution in [0.3, 0.4) is 0 Å². The van der Waals surface area contributed by atoms with Crippen molar-refractivity contribution in [2.45, 2.75) is 23.5 Å². The number of nitrogens with two attached hydrogens (primary N) is 1. The van der Waals surface area contributed by atoms with Crippen LogP contribution in [0.4, 0.5) is 29.5 Å². The number of halogens is 3. The molecule has 3 aromatic rings. The van der Waals surface area contributed by atoms with Crippen LogP contribution in [0.25, 0.3) is 10.9 Å². The third-order valence-corrected chi connectivity index (χ3v) is 4.53. The van der Waals surface area contributed by atoms with E-state index in [1.807, 2.05) is 0 Å². The number of nitrogen functional groups attached to an aromatic ring is 1. The number of carboxylic acid groups (broad SMARTS) is 1. The van der Waals surface area contributed by atoms with Crippen molar-refractivity contribution < 1.29 is 23.1 Å². The quantitative estimate of drug-likeness (QED) is 0.387. The second-order valence-electron chi connectivity index (χ2n) is 5.51. The Morgan fingerprint density at radius 1 is 1.37 bits per heavy atom. The molecule has 1 amide bonds. The summed E-state index contributed by atoms with van der Waals surface area (Å²) >= 11 is 0.960. The Morgan fingerprint density at radius 3 is 2.78 bits per heavy atom. The average molecular weight is 398 g/mol. The molecule has 12 heteroatoms. The molecule has 3 aromatic heterocycles. The zero-order valence-corrected chi connectivity index (χ0v) is 14.5. The number of anilines is 2. The number of nitrogens with zero attached hydrogens (tertiary/aromatic N) is 3. The Balaban J connectivity index is 1.89. The van der Waals surface area contributed by atoms with Crippen molar-refractivity contribution in [3.05, 3.63) is 35.9 Å². The number of amides is 1. The lowest BCUT2D eigenvalue weighted by molar-refractivity contribution is -0.141. The van der Waals surface area contributed by atoms with Gasteiger partial charge in [-0.25, -0.2) is 14.8 Å². The standard InChI is InChI=1S/C15H13F3N6O2S/c1-6(27-13-23-11(15(16,17)18)3-12(19)24-13)8-2-7-9(4-20-8)21-5-10(7)22-14(25)26/h2-6,21-22H,1H3,(H,25,26)(H2,19,23,24). The van der Waals surface area contributed by atoms with Crippen LogP contribution in [0.15, 0.2) is 29.7 Å². The van der Waals surface area contributed by atoms with E-state index < -0.39 is 23.2 Å². The summed E-state index contributed by atoms with van der Waals surface area (Å²) in [5.41, 5.74) is 5.80. The minimum atomic E-state index is -4.63. The van der Waals surface area contributed by atoms with E-state index in [0.717, 1.165) is 11.8 Å². The first-order valence-electron chi connectivity index (χ1n) is 7.49. The number of alkyl halides is 3. The first kappa shape index (κ1) is 18.8. The normalized spacial score (nSPS) is 12.9. The number of hydrogen-bond donors (Lipinski definition) is 4. The maximum Gasteiger partial charge on any atom is 0.433 e. The number of H-pyrrole nitrogens is 1. The molecular formula is C15H13F3N6O2S. The molecule has 0 fully saturated rings. The Bertz CT molecular complexity index is 1010. The van der Waals surface area contributed by atoms with Gasteiger partial charge in [0.25, 0.3) is 0 Å². The third kappa shape index (κ3) is 4.22. The van der Waals surface area contributed by atoms with Gasteiger partial charge in [0.15, 0.2) is 10.9 Å². The molecule has 0 aliphatic heterocycles. The first-order chi connectivity index (χ1) is 12.6. The maximum absolute atomic E-state index is 12.9. The Labute approximate surface area is 154 Å². The van der Waals surface area contributed by atoms with Crippen molar-refractivity contribution in [3.8, 4) is 0 Å². The number of fused-ring (bicyclic) bond motifs is 1. The molecule has 0 aliphatic rings. The third-order valence-electron chi connectivity index (χ3n) is 3.54. The molecule has 8 nitrogen and oxygen atoms in total. The summed E-state index contributed by atoms with van der Waals surface area (Å²) in [6.07, 6.45) is -2.85. The lowest BCUT2D eigenvalue weighted by Crippen LogP contribution is -2.11. The number of aromatic nitrogens is 4. The highest BCUT2D eigenvalue weighted by Gasteiger charge is 2.33. The number of thioether (sulfide) groups is 1. The van der Waals surface area contributed by atoms with E-state index in [1.54, 1.807) is 13.0 Å². The van der Waals surface area contributed by atoms with Gasteiger partial charge in [0.2, 0.25) is 0 Å². The van der Waals surface area contributed by atoms with Gasteiger partial charge in [-0.3, -0.25) is 10.3 Å². The van der Waals surface area contributed by atoms with Crippen LogP contribution in [0.1, 0.15) is 23.6 Å². The number of carbonyl (C=O) groups is 1. The number of hydrogen-bond acceptors (Lipinski definition) is 6. The maximum atomic E-state index is 12.9. The van der Waals surface area contributed by atoms with E-state index in [2.05, 4.69) is 25.3 Å². The van der Waals surface area contributed by atoms with Gasteiger partial charge in [0.1, 0.15) is 5.82 Å². The second-order valence-corrected chi connectivity index (χ2v) is 6.81. The molecule has 0 aromatic carbocycles. The average Bonchev–Trinajstić information content (AvgIpc) is 2.95. The summed E-state index contributed by atoms with van der Waals surface area (Å²) < 4.78 is 38.6. The van der Waals surface area contributed by atoms with Crippen LogP contribution >= 0.6 is 11.8 Å². The second kappa shape index (κ2) is 6.95. The van der Waals surface area contributed by atoms with E-state index in [0.29, 0.717) is 28.4 Å². The molecule has 27 heavy (non-hydrogen) atoms. The summed E-state index contributed by atoms with van der Waals surface area (Å²) in [5.74, 6) is -0.283. The molecule has 0 radical (unpaired) electrons. The van der Waals surface area contributed by atoms with Crippen molar-refractivity contribution in [3.63, 3.8) is 0 Å². The van der Waals surface area contributed by atoms with Crippen LogP contribution < -0.4 is 11.1 Å². The molecule has 0 bridgehead atoms. The van der Waals surface area contributed by atoms with E-state index in [9.17, 15) is 18.0 Å². The molecule has 0 saturated heterocycles. The SMILES string of the molecule is CC(Sc1nc(N)cc(C(F)(F)F)n1)c1cc2c(NC(=O)O)c[nH]c2cn1. The highest BCUT2D eigenvalue weighted by atomic mass is 32.2. The van der Waals surface area contributed by atoms with Crippen LogP contribution in [-0.2, 0) is 6.18 Å². The minimum Gasteiger partial charge on any atom is -0.465 e. The topological polar surface area (TPSA) is 130 Å². The predicted molar refractivity (Wildman–Crippen MR) is 93.5 cm³/mol. The number of pyridine rings is 1. The van der Waals surface area contributed by atoms with Crippen LogP contribution in [0.2, 0.25) is 0 Å². The van der Waals surface area contributed by atoms with E-state index >= 15 is 0 Å². The fourth-order valence-corrected chi connectivity index (χ4v) is 3.21. The van der Waals surface area contributed by atoms with Gasteiger partial charge in [-0.15, -0.1) is 0 Å². The molecule has 0 aliphatic carbocycles. The van der Waals surface area contributed by atoms with Crippen LogP contribution in [-0.4, -0.2) is 31.1 Å². The molecule has 142 valence electrons. The van der Waals surface area contributed by atoms with Crippen molar-refractivity contribution in [1.29, 1.82) is 0 Å². The van der Waals surface area contributed by atoms with Crippen LogP contribution in [0, 0.1) is 0 Å². The molecule has 1 unspecified atom stereocenters. The highest BCUT2D eigenvalue weighted by Crippen LogP contribution is 2.36. The Morgan fingerprint density at radius 2 is 2.11 bits per heavy atom. The van der Waals surface area contributed by atoms with Crippen molar-refractivity contribution >= 4 is 40.3 Å². The fourth-order valence-electron chi connectivity index (χ4n) is 2.34. The molecule has 1 atom stereocenters. The van der Waals surface area contributed by atoms with E-state index in [4.69, 9.17) is 10.8 Å². The summed E-state index contributed by atoms with van der Waals surface area (Å²) in [7, 11) is 0. The minimum absolute atomic E-state index is 0.130. The van der Waals surface area contributed by atoms with Gasteiger partial charge in [-0.05, 0) is 13.0 Å². The van der Waals surface area contributed by atoms with Gasteiger partial charge in [-0.2, -0.15) is 13.2 Å². The highest BCUT2D eigenvalue weighted by molar-refractivity contribution is 7.99. The van der Waals surface area contributed by atoms with Crippen molar-refractivity contribution in [2.75, 3.05) is 11.1 Å². The summed E-state index contributed by atoms with van der Waals surface area (Å²) in [6, 6.07) is 2.31. The van der Waals surface area contributed by atoms with E-state index in [-0.39, 0.29) is 11.0 Å². The zero-order chi connectivity index (χ0) is 19.8. The van der Waals surface area contributed by atoms with Gasteiger partial charge in [0, 0.05) is 17.6 Å². The largest absolute Gasteiger partial charge is 0.465 e. The van der Waals surface area contributed by atoms with Crippen molar-refractivity contribution in [1.82, 2.24) is 19.9 Å². The zero-order valence-electron chi connectivity index (χ0n) is 13.7. The fraction of sp³-hybridized carbons (Fsp3) is 0.200. The molecule has 5 N–H and O–H groups in total. The lowest BCUT2D eigenvalue weighted by atomic mass is 10.2. The lowest BCUT2D eigenvalue weighted by Gasteiger charge is -2.12. The van der Waals surface area contributed by atoms with E-state index in [1.165, 1.54) is 12.4 Å². The van der Waals surface area contributed by atoms with Gasteiger partial charge < -0.3 is 15.8 Å². The number of nitrogens with one attached hydrogen (secondary N) is 2. The Kier molecular flexibility index (Phi) is 4.83.